The van der Waals surface area contributed by atoms with Crippen molar-refractivity contribution in [2.24, 2.45) is 0 Å². The van der Waals surface area contributed by atoms with Gasteiger partial charge in [-0.25, -0.2) is 4.98 Å². The van der Waals surface area contributed by atoms with E-state index in [2.05, 4.69) is 10.3 Å². The van der Waals surface area contributed by atoms with Crippen LogP contribution in [0.15, 0.2) is 30.3 Å². The summed E-state index contributed by atoms with van der Waals surface area (Å²) in [5.41, 5.74) is 3.74. The van der Waals surface area contributed by atoms with Crippen molar-refractivity contribution >= 4 is 28.2 Å². The fourth-order valence-electron chi connectivity index (χ4n) is 2.65. The van der Waals surface area contributed by atoms with E-state index >= 15 is 0 Å². The lowest BCUT2D eigenvalue weighted by Crippen LogP contribution is -2.25. The summed E-state index contributed by atoms with van der Waals surface area (Å²) in [5, 5.41) is 11.3. The van der Waals surface area contributed by atoms with E-state index in [1.54, 1.807) is 0 Å². The second kappa shape index (κ2) is 6.45. The molecule has 3 aromatic rings. The van der Waals surface area contributed by atoms with Gasteiger partial charge in [0.2, 0.25) is 0 Å². The van der Waals surface area contributed by atoms with E-state index in [0.717, 1.165) is 27.6 Å². The number of benzene rings is 1. The van der Waals surface area contributed by atoms with Crippen LogP contribution in [0.2, 0.25) is 0 Å². The van der Waals surface area contributed by atoms with E-state index in [4.69, 9.17) is 5.11 Å². The minimum Gasteiger partial charge on any atom is -0.481 e. The molecule has 0 saturated carbocycles. The van der Waals surface area contributed by atoms with E-state index in [1.807, 2.05) is 48.6 Å². The van der Waals surface area contributed by atoms with Gasteiger partial charge in [0, 0.05) is 23.5 Å². The molecule has 0 aliphatic rings. The Kier molecular flexibility index (Phi) is 4.35. The summed E-state index contributed by atoms with van der Waals surface area (Å²) in [4.78, 5) is 28.8. The molecule has 124 valence electrons. The SMILES string of the molecule is Cc1c(-c2ccccc2)nc2sc(C(=O)NCCC(=O)O)c(C)n12. The highest BCUT2D eigenvalue weighted by molar-refractivity contribution is 7.19. The average molecular weight is 343 g/mol. The summed E-state index contributed by atoms with van der Waals surface area (Å²) in [7, 11) is 0. The number of carbonyl (C=O) groups excluding carboxylic acids is 1. The van der Waals surface area contributed by atoms with Crippen molar-refractivity contribution < 1.29 is 14.7 Å². The molecule has 0 aliphatic carbocycles. The first-order valence-corrected chi connectivity index (χ1v) is 8.34. The Morgan fingerprint density at radius 3 is 2.54 bits per heavy atom. The zero-order valence-electron chi connectivity index (χ0n) is 13.4. The van der Waals surface area contributed by atoms with Gasteiger partial charge >= 0.3 is 5.97 Å². The van der Waals surface area contributed by atoms with Crippen LogP contribution in [0.1, 0.15) is 27.5 Å². The number of amides is 1. The topological polar surface area (TPSA) is 83.7 Å². The van der Waals surface area contributed by atoms with Gasteiger partial charge < -0.3 is 10.4 Å². The largest absolute Gasteiger partial charge is 0.481 e. The van der Waals surface area contributed by atoms with Crippen molar-refractivity contribution in [3.63, 3.8) is 0 Å². The molecule has 1 amide bonds. The molecule has 0 spiro atoms. The first kappa shape index (κ1) is 16.2. The second-order valence-corrected chi connectivity index (χ2v) is 6.42. The van der Waals surface area contributed by atoms with Crippen LogP contribution in [0.25, 0.3) is 16.2 Å². The molecule has 3 rings (SSSR count). The number of imidazole rings is 1. The lowest BCUT2D eigenvalue weighted by molar-refractivity contribution is -0.136. The molecular weight excluding hydrogens is 326 g/mol. The van der Waals surface area contributed by atoms with Crippen LogP contribution in [-0.2, 0) is 4.79 Å². The number of nitrogens with zero attached hydrogens (tertiary/aromatic N) is 2. The molecule has 0 radical (unpaired) electrons. The number of fused-ring (bicyclic) bond motifs is 1. The number of aliphatic carboxylic acids is 1. The summed E-state index contributed by atoms with van der Waals surface area (Å²) in [6, 6.07) is 9.91. The summed E-state index contributed by atoms with van der Waals surface area (Å²) in [6.45, 7) is 3.97. The van der Waals surface area contributed by atoms with E-state index in [-0.39, 0.29) is 18.9 Å². The Morgan fingerprint density at radius 2 is 1.92 bits per heavy atom. The maximum Gasteiger partial charge on any atom is 0.305 e. The number of aryl methyl sites for hydroxylation is 2. The molecule has 2 N–H and O–H groups in total. The average Bonchev–Trinajstić information content (AvgIpc) is 3.05. The number of aromatic nitrogens is 2. The first-order chi connectivity index (χ1) is 11.5. The van der Waals surface area contributed by atoms with Crippen LogP contribution in [0.4, 0.5) is 0 Å². The number of carboxylic acid groups (broad SMARTS) is 1. The third kappa shape index (κ3) is 2.90. The second-order valence-electron chi connectivity index (χ2n) is 5.45. The standard InChI is InChI=1S/C17H17N3O3S/c1-10-14(12-6-4-3-5-7-12)19-17-20(10)11(2)15(24-17)16(23)18-9-8-13(21)22/h3-7H,8-9H2,1-2H3,(H,18,23)(H,21,22). The Balaban J connectivity index is 1.92. The summed E-state index contributed by atoms with van der Waals surface area (Å²) in [6.07, 6.45) is -0.0928. The normalized spacial score (nSPS) is 10.9. The zero-order chi connectivity index (χ0) is 17.3. The number of hydrogen-bond donors (Lipinski definition) is 2. The van der Waals surface area contributed by atoms with Crippen molar-refractivity contribution in [1.82, 2.24) is 14.7 Å². The van der Waals surface area contributed by atoms with Crippen LogP contribution in [0, 0.1) is 13.8 Å². The highest BCUT2D eigenvalue weighted by Gasteiger charge is 2.20. The smallest absolute Gasteiger partial charge is 0.305 e. The van der Waals surface area contributed by atoms with Gasteiger partial charge in [0.15, 0.2) is 4.96 Å². The lowest BCUT2D eigenvalue weighted by atomic mass is 10.1. The van der Waals surface area contributed by atoms with Crippen LogP contribution in [-0.4, -0.2) is 32.9 Å². The van der Waals surface area contributed by atoms with Gasteiger partial charge in [-0.3, -0.25) is 14.0 Å². The minimum absolute atomic E-state index is 0.0928. The molecule has 2 heterocycles. The van der Waals surface area contributed by atoms with Crippen molar-refractivity contribution in [1.29, 1.82) is 0 Å². The Labute approximate surface area is 142 Å². The van der Waals surface area contributed by atoms with E-state index in [1.165, 1.54) is 11.3 Å². The molecule has 1 aromatic carbocycles. The van der Waals surface area contributed by atoms with Gasteiger partial charge in [0.05, 0.1) is 12.1 Å². The fraction of sp³-hybridized carbons (Fsp3) is 0.235. The van der Waals surface area contributed by atoms with Crippen molar-refractivity contribution in [3.05, 3.63) is 46.6 Å². The van der Waals surface area contributed by atoms with Gasteiger partial charge in [-0.2, -0.15) is 0 Å². The third-order valence-corrected chi connectivity index (χ3v) is 4.95. The molecular formula is C17H17N3O3S. The maximum atomic E-state index is 12.2. The summed E-state index contributed by atoms with van der Waals surface area (Å²) in [5.74, 6) is -1.19. The van der Waals surface area contributed by atoms with Crippen LogP contribution < -0.4 is 5.32 Å². The van der Waals surface area contributed by atoms with Gasteiger partial charge in [-0.15, -0.1) is 0 Å². The highest BCUT2D eigenvalue weighted by atomic mass is 32.1. The number of hydrogen-bond acceptors (Lipinski definition) is 4. The molecule has 24 heavy (non-hydrogen) atoms. The maximum absolute atomic E-state index is 12.2. The van der Waals surface area contributed by atoms with Gasteiger partial charge in [-0.1, -0.05) is 41.7 Å². The molecule has 0 unspecified atom stereocenters. The van der Waals surface area contributed by atoms with E-state index in [0.29, 0.717) is 4.88 Å². The molecule has 0 atom stereocenters. The molecule has 7 heteroatoms. The van der Waals surface area contributed by atoms with Gasteiger partial charge in [0.1, 0.15) is 4.88 Å². The number of carboxylic acids is 1. The highest BCUT2D eigenvalue weighted by Crippen LogP contribution is 2.30. The van der Waals surface area contributed by atoms with Crippen LogP contribution in [0.3, 0.4) is 0 Å². The quantitative estimate of drug-likeness (QED) is 0.746. The number of rotatable bonds is 5. The minimum atomic E-state index is -0.934. The molecule has 2 aromatic heterocycles. The van der Waals surface area contributed by atoms with Gasteiger partial charge in [0.25, 0.3) is 5.91 Å². The van der Waals surface area contributed by atoms with Crippen molar-refractivity contribution in [2.75, 3.05) is 6.54 Å². The number of thiazole rings is 1. The molecule has 0 bridgehead atoms. The molecule has 0 aliphatic heterocycles. The predicted molar refractivity (Wildman–Crippen MR) is 92.6 cm³/mol. The molecule has 0 saturated heterocycles. The van der Waals surface area contributed by atoms with Gasteiger partial charge in [-0.05, 0) is 13.8 Å². The lowest BCUT2D eigenvalue weighted by Gasteiger charge is -2.03. The Hall–Kier alpha value is -2.67. The zero-order valence-corrected chi connectivity index (χ0v) is 14.2. The predicted octanol–water partition coefficient (Wildman–Crippen LogP) is 2.88. The first-order valence-electron chi connectivity index (χ1n) is 7.53. The van der Waals surface area contributed by atoms with E-state index in [9.17, 15) is 9.59 Å². The Morgan fingerprint density at radius 1 is 1.21 bits per heavy atom. The van der Waals surface area contributed by atoms with E-state index < -0.39 is 5.97 Å². The molecule has 0 fully saturated rings. The van der Waals surface area contributed by atoms with Crippen LogP contribution in [0.5, 0.6) is 0 Å². The van der Waals surface area contributed by atoms with Crippen LogP contribution >= 0.6 is 11.3 Å². The third-order valence-electron chi connectivity index (χ3n) is 3.81. The summed E-state index contributed by atoms with van der Waals surface area (Å²) < 4.78 is 1.97. The monoisotopic (exact) mass is 343 g/mol. The molecule has 6 nitrogen and oxygen atoms in total. The van der Waals surface area contributed by atoms with Crippen molar-refractivity contribution in [3.8, 4) is 11.3 Å². The van der Waals surface area contributed by atoms with Crippen molar-refractivity contribution in [2.45, 2.75) is 20.3 Å². The number of nitrogens with one attached hydrogen (secondary N) is 1. The fourth-order valence-corrected chi connectivity index (χ4v) is 3.74. The number of carbonyl (C=O) groups is 2. The summed E-state index contributed by atoms with van der Waals surface area (Å²) >= 11 is 1.31. The Bertz CT molecular complexity index is 912.